The van der Waals surface area contributed by atoms with Gasteiger partial charge in [-0.05, 0) is 48.0 Å². The van der Waals surface area contributed by atoms with Crippen molar-refractivity contribution in [3.63, 3.8) is 0 Å². The number of carbonyl (C=O) groups excluding carboxylic acids is 4. The van der Waals surface area contributed by atoms with Crippen molar-refractivity contribution in [2.24, 2.45) is 0 Å². The van der Waals surface area contributed by atoms with Gasteiger partial charge in [0.1, 0.15) is 16.2 Å². The van der Waals surface area contributed by atoms with Gasteiger partial charge in [0.2, 0.25) is 5.91 Å². The first-order chi connectivity index (χ1) is 14.1. The predicted octanol–water partition coefficient (Wildman–Crippen LogP) is 1.16. The third kappa shape index (κ3) is 4.89. The first kappa shape index (κ1) is 20.7. The lowest BCUT2D eigenvalue weighted by atomic mass is 10.1. The van der Waals surface area contributed by atoms with Crippen LogP contribution in [0, 0.1) is 0 Å². The number of rotatable bonds is 5. The van der Waals surface area contributed by atoms with Crippen molar-refractivity contribution < 1.29 is 31.8 Å². The normalized spacial score (nSPS) is 13.9. The molecule has 1 aliphatic heterocycles. The van der Waals surface area contributed by atoms with E-state index in [-0.39, 0.29) is 22.1 Å². The Bertz CT molecular complexity index is 1160. The summed E-state index contributed by atoms with van der Waals surface area (Å²) in [4.78, 5) is 45.6. The Kier molecular flexibility index (Phi) is 5.65. The molecule has 0 spiro atoms. The van der Waals surface area contributed by atoms with Crippen LogP contribution in [0.1, 0.15) is 12.5 Å². The second kappa shape index (κ2) is 8.17. The molecular formula is C19H15N3O7S. The number of benzene rings is 2. The van der Waals surface area contributed by atoms with Gasteiger partial charge in [-0.1, -0.05) is 12.1 Å². The van der Waals surface area contributed by atoms with Crippen molar-refractivity contribution in [3.8, 4) is 5.75 Å². The molecule has 0 saturated carbocycles. The van der Waals surface area contributed by atoms with Crippen molar-refractivity contribution >= 4 is 45.6 Å². The molecule has 0 aliphatic carbocycles. The van der Waals surface area contributed by atoms with E-state index < -0.39 is 28.0 Å². The highest BCUT2D eigenvalue weighted by Gasteiger charge is 2.27. The Balaban J connectivity index is 1.81. The average Bonchev–Trinajstić information content (AvgIpc) is 2.64. The Hall–Kier alpha value is -3.99. The molecule has 2 aromatic carbocycles. The summed E-state index contributed by atoms with van der Waals surface area (Å²) in [7, 11) is -4.17. The lowest BCUT2D eigenvalue weighted by Crippen LogP contribution is -2.51. The minimum Gasteiger partial charge on any atom is -0.379 e. The zero-order chi connectivity index (χ0) is 21.9. The van der Waals surface area contributed by atoms with E-state index in [0.29, 0.717) is 11.3 Å². The van der Waals surface area contributed by atoms with Gasteiger partial charge in [-0.3, -0.25) is 25.0 Å². The molecule has 2 aromatic rings. The number of hydrogen-bond donors (Lipinski definition) is 3. The lowest BCUT2D eigenvalue weighted by Gasteiger charge is -2.14. The monoisotopic (exact) mass is 429 g/mol. The number of hydrogen-bond acceptors (Lipinski definition) is 7. The van der Waals surface area contributed by atoms with Gasteiger partial charge in [0, 0.05) is 12.6 Å². The number of amides is 5. The summed E-state index contributed by atoms with van der Waals surface area (Å²) in [6.07, 6.45) is 1.19. The highest BCUT2D eigenvalue weighted by atomic mass is 32.2. The number of imide groups is 2. The van der Waals surface area contributed by atoms with Crippen molar-refractivity contribution in [3.05, 3.63) is 59.7 Å². The Morgan fingerprint density at radius 2 is 1.63 bits per heavy atom. The van der Waals surface area contributed by atoms with E-state index in [1.54, 1.807) is 0 Å². The zero-order valence-electron chi connectivity index (χ0n) is 15.5. The third-order valence-corrected chi connectivity index (χ3v) is 5.04. The fourth-order valence-electron chi connectivity index (χ4n) is 2.51. The fraction of sp³-hybridized carbons (Fsp3) is 0.0526. The Morgan fingerprint density at radius 3 is 2.23 bits per heavy atom. The molecular weight excluding hydrogens is 414 g/mol. The first-order valence-corrected chi connectivity index (χ1v) is 9.85. The summed E-state index contributed by atoms with van der Waals surface area (Å²) in [6, 6.07) is 10.2. The summed E-state index contributed by atoms with van der Waals surface area (Å²) in [6.45, 7) is 1.33. The molecule has 3 N–H and O–H groups in total. The van der Waals surface area contributed by atoms with Gasteiger partial charge < -0.3 is 9.50 Å². The van der Waals surface area contributed by atoms with E-state index in [2.05, 4.69) is 5.32 Å². The van der Waals surface area contributed by atoms with Gasteiger partial charge in [0.15, 0.2) is 0 Å². The summed E-state index contributed by atoms with van der Waals surface area (Å²) >= 11 is 0. The third-order valence-electron chi connectivity index (χ3n) is 3.78. The zero-order valence-corrected chi connectivity index (χ0v) is 16.3. The topological polar surface area (TPSA) is 148 Å². The Morgan fingerprint density at radius 1 is 1.00 bits per heavy atom. The van der Waals surface area contributed by atoms with E-state index in [4.69, 9.17) is 4.18 Å². The summed E-state index contributed by atoms with van der Waals surface area (Å²) in [5.41, 5.74) is 0.416. The van der Waals surface area contributed by atoms with Gasteiger partial charge in [-0.2, -0.15) is 8.42 Å². The Labute approximate surface area is 171 Å². The number of urea groups is 1. The molecule has 0 bridgehead atoms. The van der Waals surface area contributed by atoms with Gasteiger partial charge >= 0.3 is 16.1 Å². The van der Waals surface area contributed by atoms with E-state index in [9.17, 15) is 27.6 Å². The number of nitrogens with one attached hydrogen (secondary N) is 3. The fourth-order valence-corrected chi connectivity index (χ4v) is 3.43. The molecule has 154 valence electrons. The van der Waals surface area contributed by atoms with Crippen LogP contribution in [-0.2, 0) is 24.5 Å². The van der Waals surface area contributed by atoms with Crippen molar-refractivity contribution in [2.75, 3.05) is 5.32 Å². The number of carbonyl (C=O) groups is 4. The lowest BCUT2D eigenvalue weighted by molar-refractivity contribution is -0.124. The van der Waals surface area contributed by atoms with Crippen LogP contribution in [0.15, 0.2) is 59.0 Å². The second-order valence-electron chi connectivity index (χ2n) is 6.11. The van der Waals surface area contributed by atoms with Gasteiger partial charge in [0.05, 0.1) is 0 Å². The largest absolute Gasteiger partial charge is 0.379 e. The molecule has 0 radical (unpaired) electrons. The first-order valence-electron chi connectivity index (χ1n) is 8.44. The molecule has 1 fully saturated rings. The van der Waals surface area contributed by atoms with E-state index >= 15 is 0 Å². The van der Waals surface area contributed by atoms with Crippen LogP contribution >= 0.6 is 0 Å². The van der Waals surface area contributed by atoms with Crippen molar-refractivity contribution in [2.45, 2.75) is 11.8 Å². The smallest absolute Gasteiger partial charge is 0.339 e. The van der Waals surface area contributed by atoms with Crippen LogP contribution in [0.4, 0.5) is 10.5 Å². The molecule has 10 nitrogen and oxygen atoms in total. The molecule has 30 heavy (non-hydrogen) atoms. The molecule has 5 amide bonds. The van der Waals surface area contributed by atoms with E-state index in [1.807, 2.05) is 10.6 Å². The van der Waals surface area contributed by atoms with Crippen LogP contribution in [0.3, 0.4) is 0 Å². The van der Waals surface area contributed by atoms with Gasteiger partial charge in [0.25, 0.3) is 11.8 Å². The maximum atomic E-state index is 12.5. The van der Waals surface area contributed by atoms with Crippen LogP contribution in [0.2, 0.25) is 0 Å². The molecule has 1 heterocycles. The average molecular weight is 429 g/mol. The predicted molar refractivity (Wildman–Crippen MR) is 105 cm³/mol. The van der Waals surface area contributed by atoms with Crippen LogP contribution < -0.4 is 20.1 Å². The maximum absolute atomic E-state index is 12.5. The minimum absolute atomic E-state index is 0.0528. The number of barbiturate groups is 1. The molecule has 0 atom stereocenters. The van der Waals surface area contributed by atoms with Crippen molar-refractivity contribution in [1.29, 1.82) is 0 Å². The quantitative estimate of drug-likeness (QED) is 0.367. The summed E-state index contributed by atoms with van der Waals surface area (Å²) in [5.74, 6) is -2.09. The van der Waals surface area contributed by atoms with Gasteiger partial charge in [-0.15, -0.1) is 0 Å². The van der Waals surface area contributed by atoms with Crippen molar-refractivity contribution in [1.82, 2.24) is 10.6 Å². The summed E-state index contributed by atoms with van der Waals surface area (Å²) < 4.78 is 30.1. The van der Waals surface area contributed by atoms with E-state index in [0.717, 1.165) is 0 Å². The van der Waals surface area contributed by atoms with Gasteiger partial charge in [-0.25, -0.2) is 4.79 Å². The van der Waals surface area contributed by atoms with E-state index in [1.165, 1.54) is 61.5 Å². The molecule has 1 aliphatic rings. The molecule has 0 aromatic heterocycles. The molecule has 3 rings (SSSR count). The minimum atomic E-state index is -4.17. The standard InChI is InChI=1S/C19H15N3O7S/c1-11(23)20-13-5-7-15(8-6-13)30(27,28)29-14-4-2-3-12(9-14)10-16-17(24)21-19(26)22-18(16)25/h2-10H,1H3,(H,20,23)(H2,21,22,24,25,26). The maximum Gasteiger partial charge on any atom is 0.339 e. The number of anilines is 1. The molecule has 1 saturated heterocycles. The van der Waals surface area contributed by atoms with Crippen LogP contribution in [0.5, 0.6) is 5.75 Å². The SMILES string of the molecule is CC(=O)Nc1ccc(S(=O)(=O)Oc2cccc(C=C3C(=O)NC(=O)NC3=O)c2)cc1. The highest BCUT2D eigenvalue weighted by molar-refractivity contribution is 7.87. The molecule has 11 heteroatoms. The highest BCUT2D eigenvalue weighted by Crippen LogP contribution is 2.22. The van der Waals surface area contributed by atoms with Crippen LogP contribution in [-0.4, -0.2) is 32.2 Å². The second-order valence-corrected chi connectivity index (χ2v) is 7.66. The molecule has 0 unspecified atom stereocenters. The summed E-state index contributed by atoms with van der Waals surface area (Å²) in [5, 5.41) is 6.40. The van der Waals surface area contributed by atoms with Crippen LogP contribution in [0.25, 0.3) is 6.08 Å².